The van der Waals surface area contributed by atoms with E-state index in [0.717, 1.165) is 65.0 Å². The van der Waals surface area contributed by atoms with E-state index in [9.17, 15) is 5.48 Å². The number of fused-ring (bicyclic) bond motifs is 9. The van der Waals surface area contributed by atoms with Crippen molar-refractivity contribution in [3.05, 3.63) is 333 Å². The molecule has 16 aromatic rings. The van der Waals surface area contributed by atoms with Crippen LogP contribution in [0.2, 0.25) is 0 Å². The van der Waals surface area contributed by atoms with Gasteiger partial charge in [0, 0.05) is 49.4 Å². The predicted octanol–water partition coefficient (Wildman–Crippen LogP) is 13.7. The molecule has 5 heteroatoms. The maximum atomic E-state index is 9.38. The lowest BCUT2D eigenvalue weighted by Gasteiger charge is -2.35. The van der Waals surface area contributed by atoms with Crippen LogP contribution in [0.3, 0.4) is 0 Å². The quantitative estimate of drug-likeness (QED) is 0.0906. The summed E-state index contributed by atoms with van der Waals surface area (Å²) in [5.41, 5.74) is 7.02. The molecule has 3 aromatic heterocycles. The zero-order chi connectivity index (χ0) is 61.9. The van der Waals surface area contributed by atoms with Gasteiger partial charge in [-0.15, -0.1) is 0 Å². The molecular formula is C78H55N3Si2. The van der Waals surface area contributed by atoms with E-state index in [1.807, 2.05) is 24.3 Å². The van der Waals surface area contributed by atoms with Gasteiger partial charge in [0.05, 0.1) is 44.1 Å². The Hall–Kier alpha value is -10.3. The number of aromatic nitrogens is 3. The third kappa shape index (κ3) is 7.42. The first-order chi connectivity index (χ1) is 44.5. The third-order valence-electron chi connectivity index (χ3n) is 17.2. The second kappa shape index (κ2) is 19.7. The monoisotopic (exact) mass is 1100 g/mol. The minimum atomic E-state index is -3.46. The molecule has 16 rings (SSSR count). The summed E-state index contributed by atoms with van der Waals surface area (Å²) in [4.78, 5) is 0. The summed E-state index contributed by atoms with van der Waals surface area (Å²) in [6.45, 7) is 0. The summed E-state index contributed by atoms with van der Waals surface area (Å²) >= 11 is 0. The molecule has 0 spiro atoms. The molecule has 0 unspecified atom stereocenters. The van der Waals surface area contributed by atoms with Crippen molar-refractivity contribution in [3.63, 3.8) is 0 Å². The van der Waals surface area contributed by atoms with Crippen LogP contribution < -0.4 is 41.5 Å². The van der Waals surface area contributed by atoms with Gasteiger partial charge in [-0.3, -0.25) is 0 Å². The van der Waals surface area contributed by atoms with Gasteiger partial charge in [0.15, 0.2) is 16.1 Å². The zero-order valence-electron chi connectivity index (χ0n) is 53.0. The molecule has 0 aliphatic carbocycles. The van der Waals surface area contributed by atoms with E-state index in [0.29, 0.717) is 5.69 Å². The first-order valence-corrected chi connectivity index (χ1v) is 32.1. The molecule has 0 saturated heterocycles. The van der Waals surface area contributed by atoms with Crippen molar-refractivity contribution in [3.8, 4) is 17.1 Å². The Kier molecular flexibility index (Phi) is 9.71. The van der Waals surface area contributed by atoms with Gasteiger partial charge in [0.2, 0.25) is 0 Å². The number of benzene rings is 13. The van der Waals surface area contributed by atoms with Crippen LogP contribution in [0, 0.1) is 0 Å². The fraction of sp³-hybridized carbons (Fsp3) is 0. The minimum Gasteiger partial charge on any atom is -0.309 e. The van der Waals surface area contributed by atoms with Gasteiger partial charge in [-0.1, -0.05) is 261 Å². The Morgan fingerprint density at radius 3 is 1.11 bits per heavy atom. The first-order valence-electron chi connectivity index (χ1n) is 32.1. The molecule has 0 aliphatic heterocycles. The van der Waals surface area contributed by atoms with E-state index in [1.165, 1.54) is 31.5 Å². The van der Waals surface area contributed by atoms with Crippen LogP contribution in [0.5, 0.6) is 0 Å². The Morgan fingerprint density at radius 1 is 0.229 bits per heavy atom. The van der Waals surface area contributed by atoms with Crippen LogP contribution in [-0.2, 0) is 0 Å². The van der Waals surface area contributed by atoms with E-state index in [4.69, 9.17) is 5.48 Å². The van der Waals surface area contributed by atoms with Crippen molar-refractivity contribution < 1.29 is 11.0 Å². The standard InChI is InChI=1S/C78H55N3Si2/c1-6-29-59(30-7-1)82(60-31-8-2-9-32-60,64-39-24-27-56(53-64)79-71-45-20-16-41-66(71)67-42-17-21-46-72(67)79)65-40-25-28-57(54-65)80-73-47-22-18-43-68(73)70-55-58(51-52-75(70)80)81-74-48-23-19-44-69(74)78-76(81)49-26-50-77(78)83(61-33-10-3-11-34-61,62-35-12-4-13-36-62)63-37-14-5-15-38-63/h1-55H/i16D,17D,20D,21D,41D,42D,45D,46D. The van der Waals surface area contributed by atoms with Crippen molar-refractivity contribution >= 4 is 123 Å². The highest BCUT2D eigenvalue weighted by molar-refractivity contribution is 7.21. The third-order valence-corrected chi connectivity index (χ3v) is 26.7. The number of nitrogens with zero attached hydrogens (tertiary/aromatic N) is 3. The van der Waals surface area contributed by atoms with Gasteiger partial charge < -0.3 is 13.7 Å². The molecule has 13 aromatic carbocycles. The molecule has 0 fully saturated rings. The fourth-order valence-corrected chi connectivity index (χ4v) is 23.6. The van der Waals surface area contributed by atoms with Crippen LogP contribution >= 0.6 is 0 Å². The van der Waals surface area contributed by atoms with Gasteiger partial charge in [0.1, 0.15) is 0 Å². The van der Waals surface area contributed by atoms with E-state index in [1.54, 1.807) is 4.57 Å². The van der Waals surface area contributed by atoms with Crippen LogP contribution in [0.25, 0.3) is 82.5 Å². The molecule has 0 amide bonds. The maximum absolute atomic E-state index is 9.38. The molecule has 0 radical (unpaired) electrons. The van der Waals surface area contributed by atoms with Crippen LogP contribution in [0.4, 0.5) is 0 Å². The van der Waals surface area contributed by atoms with Crippen LogP contribution in [0.1, 0.15) is 11.0 Å². The lowest BCUT2D eigenvalue weighted by molar-refractivity contribution is 1.17. The fourth-order valence-electron chi connectivity index (χ4n) is 13.8. The highest BCUT2D eigenvalue weighted by Crippen LogP contribution is 2.38. The molecule has 0 atom stereocenters. The second-order valence-corrected chi connectivity index (χ2v) is 28.9. The summed E-state index contributed by atoms with van der Waals surface area (Å²) in [6.07, 6.45) is 0. The summed E-state index contributed by atoms with van der Waals surface area (Å²) in [5.74, 6) is 0. The molecule has 0 aliphatic rings. The predicted molar refractivity (Wildman–Crippen MR) is 357 cm³/mol. The molecule has 0 saturated carbocycles. The first kappa shape index (κ1) is 40.8. The summed E-state index contributed by atoms with van der Waals surface area (Å²) in [5, 5.41) is 14.2. The normalized spacial score (nSPS) is 13.4. The smallest absolute Gasteiger partial charge is 0.180 e. The van der Waals surface area contributed by atoms with Gasteiger partial charge in [-0.05, 0) is 114 Å². The van der Waals surface area contributed by atoms with E-state index in [2.05, 4.69) is 270 Å². The van der Waals surface area contributed by atoms with Gasteiger partial charge >= 0.3 is 0 Å². The molecular weight excluding hydrogens is 1040 g/mol. The van der Waals surface area contributed by atoms with E-state index in [-0.39, 0.29) is 46.0 Å². The summed E-state index contributed by atoms with van der Waals surface area (Å²) < 4.78 is 78.8. The molecule has 3 heterocycles. The molecule has 390 valence electrons. The van der Waals surface area contributed by atoms with Gasteiger partial charge in [-0.25, -0.2) is 0 Å². The van der Waals surface area contributed by atoms with Crippen LogP contribution in [-0.4, -0.2) is 29.8 Å². The number of para-hydroxylation sites is 4. The number of hydrogen-bond acceptors (Lipinski definition) is 0. The summed E-state index contributed by atoms with van der Waals surface area (Å²) in [7, 11) is -6.44. The average molecular weight is 1100 g/mol. The molecule has 3 nitrogen and oxygen atoms in total. The molecule has 0 N–H and O–H groups in total. The average Bonchev–Trinajstić information content (AvgIpc) is 1.67. The van der Waals surface area contributed by atoms with Crippen molar-refractivity contribution in [1.82, 2.24) is 13.7 Å². The topological polar surface area (TPSA) is 14.8 Å². The number of rotatable bonds is 11. The molecule has 0 bridgehead atoms. The summed E-state index contributed by atoms with van der Waals surface area (Å²) in [6, 6.07) is 99.4. The minimum absolute atomic E-state index is 0.0392. The lowest BCUT2D eigenvalue weighted by atomic mass is 10.1. The van der Waals surface area contributed by atoms with Gasteiger partial charge in [0.25, 0.3) is 0 Å². The van der Waals surface area contributed by atoms with Gasteiger partial charge in [-0.2, -0.15) is 0 Å². The van der Waals surface area contributed by atoms with E-state index < -0.39 is 40.3 Å². The maximum Gasteiger partial charge on any atom is 0.180 e. The number of hydrogen-bond donors (Lipinski definition) is 0. The van der Waals surface area contributed by atoms with Crippen molar-refractivity contribution in [2.45, 2.75) is 0 Å². The zero-order valence-corrected chi connectivity index (χ0v) is 47.0. The highest BCUT2D eigenvalue weighted by Gasteiger charge is 2.44. The Balaban J connectivity index is 0.919. The second-order valence-electron chi connectivity index (χ2n) is 21.3. The van der Waals surface area contributed by atoms with Crippen LogP contribution in [0.15, 0.2) is 333 Å². The lowest BCUT2D eigenvalue weighted by Crippen LogP contribution is -2.74. The highest BCUT2D eigenvalue weighted by atomic mass is 28.3. The SMILES string of the molecule is [2H]c1c([2H])c([2H])c2c(c1[2H])c1c([2H])c([2H])c([2H])c([2H])c1n2-c1cccc([Si](c2ccccc2)(c2ccccc2)c2cccc(-n3c4ccccc4c4cc(-n5c6ccccc6c6c([Si](c7ccccc7)(c7ccccc7)c7ccccc7)cccc65)ccc43)c2)c1. The van der Waals surface area contributed by atoms with E-state index >= 15 is 0 Å². The Labute approximate surface area is 495 Å². The van der Waals surface area contributed by atoms with Crippen molar-refractivity contribution in [2.24, 2.45) is 0 Å². The Bertz CT molecular complexity index is 5370. The Morgan fingerprint density at radius 2 is 0.590 bits per heavy atom. The largest absolute Gasteiger partial charge is 0.309 e. The van der Waals surface area contributed by atoms with Crippen molar-refractivity contribution in [2.75, 3.05) is 0 Å². The van der Waals surface area contributed by atoms with Crippen molar-refractivity contribution in [1.29, 1.82) is 0 Å². The molecule has 83 heavy (non-hydrogen) atoms.